The normalized spacial score (nSPS) is 18.1. The van der Waals surface area contributed by atoms with Crippen molar-refractivity contribution in [2.24, 2.45) is 0 Å². The van der Waals surface area contributed by atoms with Crippen molar-refractivity contribution in [1.29, 1.82) is 0 Å². The highest BCUT2D eigenvalue weighted by Gasteiger charge is 2.36. The van der Waals surface area contributed by atoms with Crippen LogP contribution in [0.15, 0.2) is 12.1 Å². The summed E-state index contributed by atoms with van der Waals surface area (Å²) < 4.78 is 14.0. The zero-order chi connectivity index (χ0) is 13.5. The van der Waals surface area contributed by atoms with Gasteiger partial charge < -0.3 is 10.6 Å². The van der Waals surface area contributed by atoms with Gasteiger partial charge in [0.25, 0.3) is 5.91 Å². The highest BCUT2D eigenvalue weighted by Crippen LogP contribution is 2.31. The third kappa shape index (κ3) is 2.07. The van der Waals surface area contributed by atoms with E-state index in [4.69, 9.17) is 5.73 Å². The molecular weight excluding hydrogens is 231 g/mol. The van der Waals surface area contributed by atoms with Gasteiger partial charge in [0.2, 0.25) is 0 Å². The molecule has 1 heterocycles. The fourth-order valence-corrected chi connectivity index (χ4v) is 2.58. The molecule has 2 N–H and O–H groups in total. The van der Waals surface area contributed by atoms with Crippen molar-refractivity contribution in [2.75, 3.05) is 12.3 Å². The van der Waals surface area contributed by atoms with Crippen LogP contribution in [0.5, 0.6) is 0 Å². The van der Waals surface area contributed by atoms with E-state index in [2.05, 4.69) is 0 Å². The molecule has 1 aromatic rings. The fourth-order valence-electron chi connectivity index (χ4n) is 2.58. The molecule has 1 aromatic carbocycles. The van der Waals surface area contributed by atoms with Crippen molar-refractivity contribution in [3.63, 3.8) is 0 Å². The third-order valence-electron chi connectivity index (χ3n) is 3.65. The van der Waals surface area contributed by atoms with Gasteiger partial charge in [-0.15, -0.1) is 0 Å². The molecule has 0 aliphatic carbocycles. The summed E-state index contributed by atoms with van der Waals surface area (Å²) in [5, 5.41) is 0. The van der Waals surface area contributed by atoms with Crippen LogP contribution in [0.3, 0.4) is 0 Å². The average molecular weight is 250 g/mol. The lowest BCUT2D eigenvalue weighted by atomic mass is 10.0. The Kier molecular flexibility index (Phi) is 3.05. The van der Waals surface area contributed by atoms with Gasteiger partial charge in [0.05, 0.1) is 5.56 Å². The van der Waals surface area contributed by atoms with Crippen LogP contribution in [0.4, 0.5) is 10.1 Å². The van der Waals surface area contributed by atoms with Gasteiger partial charge in [-0.05, 0) is 51.3 Å². The van der Waals surface area contributed by atoms with Crippen LogP contribution in [-0.4, -0.2) is 22.9 Å². The second-order valence-electron chi connectivity index (χ2n) is 5.57. The van der Waals surface area contributed by atoms with E-state index in [-0.39, 0.29) is 17.0 Å². The minimum Gasteiger partial charge on any atom is -0.399 e. The largest absolute Gasteiger partial charge is 0.399 e. The van der Waals surface area contributed by atoms with E-state index < -0.39 is 5.82 Å². The Morgan fingerprint density at radius 2 is 2.11 bits per heavy atom. The van der Waals surface area contributed by atoms with Gasteiger partial charge in [0.1, 0.15) is 5.82 Å². The molecule has 0 bridgehead atoms. The number of carbonyl (C=O) groups excluding carboxylic acids is 1. The maximum atomic E-state index is 14.0. The molecule has 0 aromatic heterocycles. The standard InChI is InChI=1S/C14H19FN2O/c1-9-7-10(16)8-11(12(9)15)13(18)17-6-4-5-14(17,2)3/h7-8H,4-6,16H2,1-3H3. The molecule has 1 amide bonds. The summed E-state index contributed by atoms with van der Waals surface area (Å²) in [7, 11) is 0. The Bertz CT molecular complexity index is 497. The number of benzene rings is 1. The Labute approximate surface area is 107 Å². The van der Waals surface area contributed by atoms with E-state index in [0.717, 1.165) is 12.8 Å². The topological polar surface area (TPSA) is 46.3 Å². The Morgan fingerprint density at radius 3 is 2.67 bits per heavy atom. The Balaban J connectivity index is 2.41. The van der Waals surface area contributed by atoms with Crippen molar-refractivity contribution >= 4 is 11.6 Å². The number of anilines is 1. The van der Waals surface area contributed by atoms with Crippen molar-refractivity contribution in [1.82, 2.24) is 4.90 Å². The van der Waals surface area contributed by atoms with Gasteiger partial charge in [-0.2, -0.15) is 0 Å². The van der Waals surface area contributed by atoms with Gasteiger partial charge in [-0.3, -0.25) is 4.79 Å². The summed E-state index contributed by atoms with van der Waals surface area (Å²) in [6.45, 7) is 6.32. The number of halogens is 1. The van der Waals surface area contributed by atoms with Crippen LogP contribution in [0.1, 0.15) is 42.6 Å². The first-order valence-electron chi connectivity index (χ1n) is 6.20. The molecule has 2 rings (SSSR count). The molecule has 1 fully saturated rings. The molecule has 0 saturated carbocycles. The number of nitrogens with two attached hydrogens (primary N) is 1. The molecule has 98 valence electrons. The minimum atomic E-state index is -0.461. The van der Waals surface area contributed by atoms with Gasteiger partial charge >= 0.3 is 0 Å². The van der Waals surface area contributed by atoms with Crippen molar-refractivity contribution in [3.8, 4) is 0 Å². The molecule has 1 saturated heterocycles. The average Bonchev–Trinajstić information content (AvgIpc) is 2.62. The summed E-state index contributed by atoms with van der Waals surface area (Å²) in [6.07, 6.45) is 1.91. The van der Waals surface area contributed by atoms with E-state index in [0.29, 0.717) is 17.8 Å². The zero-order valence-electron chi connectivity index (χ0n) is 11.1. The van der Waals surface area contributed by atoms with Crippen LogP contribution >= 0.6 is 0 Å². The monoisotopic (exact) mass is 250 g/mol. The van der Waals surface area contributed by atoms with E-state index >= 15 is 0 Å². The lowest BCUT2D eigenvalue weighted by Crippen LogP contribution is -2.43. The number of likely N-dealkylation sites (tertiary alicyclic amines) is 1. The summed E-state index contributed by atoms with van der Waals surface area (Å²) in [5.74, 6) is -0.720. The van der Waals surface area contributed by atoms with E-state index in [1.54, 1.807) is 17.9 Å². The number of aryl methyl sites for hydroxylation is 1. The summed E-state index contributed by atoms with van der Waals surface area (Å²) in [5.41, 5.74) is 6.41. The lowest BCUT2D eigenvalue weighted by Gasteiger charge is -2.32. The molecule has 0 unspecified atom stereocenters. The Morgan fingerprint density at radius 1 is 1.44 bits per heavy atom. The van der Waals surface area contributed by atoms with E-state index in [1.807, 2.05) is 13.8 Å². The fraction of sp³-hybridized carbons (Fsp3) is 0.500. The molecule has 3 nitrogen and oxygen atoms in total. The minimum absolute atomic E-state index is 0.0856. The van der Waals surface area contributed by atoms with Crippen LogP contribution in [0, 0.1) is 12.7 Å². The first-order valence-corrected chi connectivity index (χ1v) is 6.20. The first-order chi connectivity index (χ1) is 8.33. The van der Waals surface area contributed by atoms with Crippen molar-refractivity contribution in [2.45, 2.75) is 39.2 Å². The van der Waals surface area contributed by atoms with Crippen molar-refractivity contribution in [3.05, 3.63) is 29.1 Å². The second-order valence-corrected chi connectivity index (χ2v) is 5.57. The predicted octanol–water partition coefficient (Wildman–Crippen LogP) is 2.73. The molecule has 1 aliphatic rings. The molecule has 1 aliphatic heterocycles. The lowest BCUT2D eigenvalue weighted by molar-refractivity contribution is 0.0647. The number of nitrogen functional groups attached to an aromatic ring is 1. The number of carbonyl (C=O) groups is 1. The second kappa shape index (κ2) is 4.26. The smallest absolute Gasteiger partial charge is 0.257 e. The molecular formula is C14H19FN2O. The maximum absolute atomic E-state index is 14.0. The highest BCUT2D eigenvalue weighted by molar-refractivity contribution is 5.96. The molecule has 18 heavy (non-hydrogen) atoms. The number of nitrogens with zero attached hydrogens (tertiary/aromatic N) is 1. The summed E-state index contributed by atoms with van der Waals surface area (Å²) in [6, 6.07) is 2.97. The van der Waals surface area contributed by atoms with Crippen LogP contribution in [-0.2, 0) is 0 Å². The van der Waals surface area contributed by atoms with Crippen LogP contribution < -0.4 is 5.73 Å². The third-order valence-corrected chi connectivity index (χ3v) is 3.65. The summed E-state index contributed by atoms with van der Waals surface area (Å²) >= 11 is 0. The summed E-state index contributed by atoms with van der Waals surface area (Å²) in [4.78, 5) is 14.2. The van der Waals surface area contributed by atoms with E-state index in [9.17, 15) is 9.18 Å². The van der Waals surface area contributed by atoms with Crippen LogP contribution in [0.2, 0.25) is 0 Å². The van der Waals surface area contributed by atoms with Gasteiger partial charge in [-0.1, -0.05) is 0 Å². The predicted molar refractivity (Wildman–Crippen MR) is 69.9 cm³/mol. The molecule has 0 spiro atoms. The number of rotatable bonds is 1. The highest BCUT2D eigenvalue weighted by atomic mass is 19.1. The maximum Gasteiger partial charge on any atom is 0.257 e. The van der Waals surface area contributed by atoms with Crippen LogP contribution in [0.25, 0.3) is 0 Å². The van der Waals surface area contributed by atoms with Gasteiger partial charge in [-0.25, -0.2) is 4.39 Å². The quantitative estimate of drug-likeness (QED) is 0.779. The molecule has 0 atom stereocenters. The zero-order valence-corrected chi connectivity index (χ0v) is 11.1. The SMILES string of the molecule is Cc1cc(N)cc(C(=O)N2CCCC2(C)C)c1F. The van der Waals surface area contributed by atoms with E-state index in [1.165, 1.54) is 6.07 Å². The first kappa shape index (κ1) is 12.9. The number of hydrogen-bond acceptors (Lipinski definition) is 2. The van der Waals surface area contributed by atoms with Gasteiger partial charge in [0.15, 0.2) is 0 Å². The number of hydrogen-bond donors (Lipinski definition) is 1. The molecule has 4 heteroatoms. The van der Waals surface area contributed by atoms with Crippen molar-refractivity contribution < 1.29 is 9.18 Å². The number of amides is 1. The van der Waals surface area contributed by atoms with Gasteiger partial charge in [0, 0.05) is 17.8 Å². The molecule has 0 radical (unpaired) electrons. The Hall–Kier alpha value is -1.58.